The Kier molecular flexibility index (Phi) is 2.60. The smallest absolute Gasteiger partial charge is 0.207 e. The van der Waals surface area contributed by atoms with Crippen LogP contribution in [0.2, 0.25) is 0 Å². The zero-order valence-electron chi connectivity index (χ0n) is 6.30. The van der Waals surface area contributed by atoms with Gasteiger partial charge < -0.3 is 0 Å². The van der Waals surface area contributed by atoms with Gasteiger partial charge in [0.25, 0.3) is 0 Å². The summed E-state index contributed by atoms with van der Waals surface area (Å²) in [7, 11) is -4.82. The summed E-state index contributed by atoms with van der Waals surface area (Å²) in [4.78, 5) is 0. The van der Waals surface area contributed by atoms with Gasteiger partial charge in [-0.05, 0) is 18.2 Å². The van der Waals surface area contributed by atoms with Gasteiger partial charge in [-0.2, -0.15) is 8.42 Å². The topological polar surface area (TPSA) is 34.1 Å². The molecule has 13 heavy (non-hydrogen) atoms. The van der Waals surface area contributed by atoms with E-state index in [1.54, 1.807) is 0 Å². The first-order valence-corrected chi connectivity index (χ1v) is 4.80. The van der Waals surface area contributed by atoms with Crippen LogP contribution in [0.4, 0.5) is 12.7 Å². The molecular weight excluding hydrogens is 205 g/mol. The number of benzene rings is 1. The van der Waals surface area contributed by atoms with E-state index >= 15 is 0 Å². The van der Waals surface area contributed by atoms with Crippen LogP contribution in [-0.4, -0.2) is 8.42 Å². The summed E-state index contributed by atoms with van der Waals surface area (Å²) in [6.07, 6.45) is 0. The molecule has 0 radical (unpaired) electrons. The zero-order valence-corrected chi connectivity index (χ0v) is 7.11. The van der Waals surface area contributed by atoms with Gasteiger partial charge in [-0.15, -0.1) is 3.89 Å². The maximum atomic E-state index is 12.7. The van der Waals surface area contributed by atoms with Gasteiger partial charge >= 0.3 is 10.2 Å². The lowest BCUT2D eigenvalue weighted by atomic mass is 10.2. The van der Waals surface area contributed by atoms with Gasteiger partial charge in [0.2, 0.25) is 0 Å². The van der Waals surface area contributed by atoms with Crippen molar-refractivity contribution in [1.29, 1.82) is 0 Å². The molecule has 0 N–H and O–H groups in total. The lowest BCUT2D eigenvalue weighted by Crippen LogP contribution is -1.99. The van der Waals surface area contributed by atoms with Crippen molar-refractivity contribution in [3.63, 3.8) is 0 Å². The fraction of sp³-hybridized carbons (Fsp3) is 0.143. The molecule has 0 atom stereocenters. The highest BCUT2D eigenvalue weighted by molar-refractivity contribution is 7.85. The summed E-state index contributed by atoms with van der Waals surface area (Å²) >= 11 is 0. The minimum atomic E-state index is -4.82. The molecule has 0 amide bonds. The molecule has 0 heterocycles. The van der Waals surface area contributed by atoms with Crippen molar-refractivity contribution < 1.29 is 21.1 Å². The Morgan fingerprint density at radius 1 is 1.23 bits per heavy atom. The van der Waals surface area contributed by atoms with Crippen LogP contribution >= 0.6 is 0 Å². The first kappa shape index (κ1) is 10.0. The maximum Gasteiger partial charge on any atom is 0.306 e. The molecule has 0 aliphatic heterocycles. The summed E-state index contributed by atoms with van der Waals surface area (Å²) < 4.78 is 57.4. The summed E-state index contributed by atoms with van der Waals surface area (Å²) in [5, 5.41) is 0. The van der Waals surface area contributed by atoms with Crippen LogP contribution in [-0.2, 0) is 16.0 Å². The standard InChI is InChI=1S/C7H5F3O2S/c8-6-1-2-7(9)5(3-6)4-13(10,11)12/h1-3H,4H2. The van der Waals surface area contributed by atoms with Crippen LogP contribution < -0.4 is 0 Å². The molecule has 0 unspecified atom stereocenters. The van der Waals surface area contributed by atoms with Gasteiger partial charge in [0.05, 0.1) is 0 Å². The fourth-order valence-corrected chi connectivity index (χ4v) is 1.43. The van der Waals surface area contributed by atoms with Crippen molar-refractivity contribution in [2.75, 3.05) is 0 Å². The Hall–Kier alpha value is -1.04. The number of rotatable bonds is 2. The Bertz CT molecular complexity index is 414. The zero-order chi connectivity index (χ0) is 10.1. The fourth-order valence-electron chi connectivity index (χ4n) is 0.840. The SMILES string of the molecule is O=S(=O)(F)Cc1cc(F)ccc1F. The van der Waals surface area contributed by atoms with E-state index in [9.17, 15) is 21.1 Å². The van der Waals surface area contributed by atoms with Crippen LogP contribution in [0.25, 0.3) is 0 Å². The predicted octanol–water partition coefficient (Wildman–Crippen LogP) is 1.76. The van der Waals surface area contributed by atoms with Crippen molar-refractivity contribution >= 4 is 10.2 Å². The van der Waals surface area contributed by atoms with Crippen molar-refractivity contribution in [2.24, 2.45) is 0 Å². The van der Waals surface area contributed by atoms with Crippen molar-refractivity contribution in [2.45, 2.75) is 5.75 Å². The van der Waals surface area contributed by atoms with Gasteiger partial charge in [-0.25, -0.2) is 8.78 Å². The van der Waals surface area contributed by atoms with Crippen molar-refractivity contribution in [1.82, 2.24) is 0 Å². The minimum Gasteiger partial charge on any atom is -0.207 e. The molecule has 72 valence electrons. The van der Waals surface area contributed by atoms with Gasteiger partial charge in [0, 0.05) is 5.56 Å². The molecule has 0 saturated heterocycles. The van der Waals surface area contributed by atoms with Crippen LogP contribution in [0.5, 0.6) is 0 Å². The second kappa shape index (κ2) is 3.37. The number of hydrogen-bond acceptors (Lipinski definition) is 2. The molecule has 1 rings (SSSR count). The largest absolute Gasteiger partial charge is 0.306 e. The highest BCUT2D eigenvalue weighted by atomic mass is 32.3. The van der Waals surface area contributed by atoms with Crippen LogP contribution in [0.3, 0.4) is 0 Å². The van der Waals surface area contributed by atoms with E-state index in [1.165, 1.54) is 0 Å². The third kappa shape index (κ3) is 3.06. The Morgan fingerprint density at radius 2 is 1.85 bits per heavy atom. The molecule has 2 nitrogen and oxygen atoms in total. The van der Waals surface area contributed by atoms with Crippen LogP contribution in [0, 0.1) is 11.6 Å². The Morgan fingerprint density at radius 3 is 2.38 bits per heavy atom. The van der Waals surface area contributed by atoms with E-state index in [2.05, 4.69) is 0 Å². The van der Waals surface area contributed by atoms with E-state index in [0.717, 1.165) is 12.1 Å². The maximum absolute atomic E-state index is 12.7. The highest BCUT2D eigenvalue weighted by Crippen LogP contribution is 2.13. The van der Waals surface area contributed by atoms with Crippen molar-refractivity contribution in [3.05, 3.63) is 35.4 Å². The van der Waals surface area contributed by atoms with E-state index < -0.39 is 33.2 Å². The van der Waals surface area contributed by atoms with Crippen LogP contribution in [0.15, 0.2) is 18.2 Å². The predicted molar refractivity (Wildman–Crippen MR) is 40.1 cm³/mol. The van der Waals surface area contributed by atoms with Crippen LogP contribution in [0.1, 0.15) is 5.56 Å². The normalized spacial score (nSPS) is 11.6. The molecule has 0 aromatic heterocycles. The third-order valence-electron chi connectivity index (χ3n) is 1.34. The second-order valence-corrected chi connectivity index (χ2v) is 3.79. The molecule has 6 heteroatoms. The lowest BCUT2D eigenvalue weighted by molar-refractivity contribution is 0.545. The average Bonchev–Trinajstić information content (AvgIpc) is 1.94. The number of halogens is 3. The van der Waals surface area contributed by atoms with E-state index in [1.807, 2.05) is 0 Å². The van der Waals surface area contributed by atoms with Gasteiger partial charge in [0.15, 0.2) is 0 Å². The highest BCUT2D eigenvalue weighted by Gasteiger charge is 2.13. The molecule has 0 saturated carbocycles. The average molecular weight is 210 g/mol. The summed E-state index contributed by atoms with van der Waals surface area (Å²) in [6, 6.07) is 2.21. The molecule has 0 fully saturated rings. The molecule has 1 aromatic carbocycles. The summed E-state index contributed by atoms with van der Waals surface area (Å²) in [5.74, 6) is -2.89. The lowest BCUT2D eigenvalue weighted by Gasteiger charge is -1.98. The molecule has 0 aliphatic carbocycles. The molecular formula is C7H5F3O2S. The van der Waals surface area contributed by atoms with E-state index in [-0.39, 0.29) is 0 Å². The van der Waals surface area contributed by atoms with E-state index in [0.29, 0.717) is 6.07 Å². The van der Waals surface area contributed by atoms with E-state index in [4.69, 9.17) is 0 Å². The molecule has 0 bridgehead atoms. The molecule has 0 spiro atoms. The Balaban J connectivity index is 3.08. The quantitative estimate of drug-likeness (QED) is 0.697. The molecule has 0 aliphatic rings. The van der Waals surface area contributed by atoms with Crippen molar-refractivity contribution in [3.8, 4) is 0 Å². The summed E-state index contributed by atoms with van der Waals surface area (Å²) in [5.41, 5.74) is -0.512. The van der Waals surface area contributed by atoms with Gasteiger partial charge in [0.1, 0.15) is 17.4 Å². The van der Waals surface area contributed by atoms with Gasteiger partial charge in [-0.3, -0.25) is 0 Å². The third-order valence-corrected chi connectivity index (χ3v) is 1.99. The summed E-state index contributed by atoms with van der Waals surface area (Å²) in [6.45, 7) is 0. The Labute approximate surface area is 73.2 Å². The van der Waals surface area contributed by atoms with Gasteiger partial charge in [-0.1, -0.05) is 0 Å². The first-order valence-electron chi connectivity index (χ1n) is 3.25. The minimum absolute atomic E-state index is 0.512. The molecule has 1 aromatic rings. The first-order chi connectivity index (χ1) is 5.88. The number of hydrogen-bond donors (Lipinski definition) is 0. The monoisotopic (exact) mass is 210 g/mol. The second-order valence-electron chi connectivity index (χ2n) is 2.42.